The van der Waals surface area contributed by atoms with Crippen molar-refractivity contribution in [2.45, 2.75) is 44.3 Å². The number of hydrogen-bond donors (Lipinski definition) is 1. The van der Waals surface area contributed by atoms with Gasteiger partial charge in [0.15, 0.2) is 0 Å². The van der Waals surface area contributed by atoms with Gasteiger partial charge in [-0.2, -0.15) is 13.2 Å². The zero-order chi connectivity index (χ0) is 31.6. The smallest absolute Gasteiger partial charge is 0.353 e. The molecule has 0 radical (unpaired) electrons. The maximum Gasteiger partial charge on any atom is 0.416 e. The molecule has 2 aliphatic heterocycles. The number of nitrogens with one attached hydrogen (secondary N) is 1. The van der Waals surface area contributed by atoms with Gasteiger partial charge >= 0.3 is 6.18 Å². The van der Waals surface area contributed by atoms with Gasteiger partial charge in [0.2, 0.25) is 5.91 Å². The molecule has 3 aromatic carbocycles. The van der Waals surface area contributed by atoms with Gasteiger partial charge in [0.05, 0.1) is 17.1 Å². The monoisotopic (exact) mass is 610 g/mol. The van der Waals surface area contributed by atoms with Crippen molar-refractivity contribution in [2.24, 2.45) is 0 Å². The van der Waals surface area contributed by atoms with Crippen LogP contribution in [0.1, 0.15) is 50.2 Å². The van der Waals surface area contributed by atoms with Gasteiger partial charge in [0, 0.05) is 55.7 Å². The number of nitro benzene ring substituents is 1. The van der Waals surface area contributed by atoms with E-state index in [-0.39, 0.29) is 55.9 Å². The summed E-state index contributed by atoms with van der Waals surface area (Å²) in [7, 11) is 0. The number of nitrogens with zero attached hydrogens (tertiary/aromatic N) is 3. The number of likely N-dealkylation sites (tertiary alicyclic amines) is 1. The molecule has 44 heavy (non-hydrogen) atoms. The second kappa shape index (κ2) is 12.1. The lowest BCUT2D eigenvalue weighted by atomic mass is 9.96. The fourth-order valence-electron chi connectivity index (χ4n) is 5.56. The van der Waals surface area contributed by atoms with Gasteiger partial charge in [-0.3, -0.25) is 29.4 Å². The van der Waals surface area contributed by atoms with E-state index in [1.165, 1.54) is 46.2 Å². The first-order chi connectivity index (χ1) is 20.9. The number of aryl methyl sites for hydroxylation is 1. The van der Waals surface area contributed by atoms with Crippen molar-refractivity contribution in [3.63, 3.8) is 0 Å². The normalized spacial score (nSPS) is 17.9. The molecule has 230 valence electrons. The highest BCUT2D eigenvalue weighted by Gasteiger charge is 2.54. The number of piperidine rings is 1. The van der Waals surface area contributed by atoms with E-state index in [1.54, 1.807) is 24.3 Å². The minimum atomic E-state index is -4.53. The van der Waals surface area contributed by atoms with Crippen molar-refractivity contribution in [1.82, 2.24) is 15.1 Å². The number of amides is 3. The number of ether oxygens (including phenoxy) is 1. The number of alkyl halides is 3. The van der Waals surface area contributed by atoms with Crippen molar-refractivity contribution in [2.75, 3.05) is 19.7 Å². The highest BCUT2D eigenvalue weighted by atomic mass is 19.4. The second-order valence-corrected chi connectivity index (χ2v) is 10.8. The minimum absolute atomic E-state index is 0.148. The van der Waals surface area contributed by atoms with Crippen molar-refractivity contribution >= 4 is 23.4 Å². The molecule has 2 aliphatic rings. The fourth-order valence-corrected chi connectivity index (χ4v) is 5.56. The molecular formula is C31H29F3N4O6. The zero-order valence-electron chi connectivity index (χ0n) is 23.7. The Hall–Kier alpha value is -4.78. The van der Waals surface area contributed by atoms with Crippen LogP contribution in [0.4, 0.5) is 18.9 Å². The van der Waals surface area contributed by atoms with Crippen LogP contribution < -0.4 is 5.32 Å². The number of halogens is 3. The summed E-state index contributed by atoms with van der Waals surface area (Å²) in [6.45, 7) is 1.83. The lowest BCUT2D eigenvalue weighted by molar-refractivity contribution is -0.384. The summed E-state index contributed by atoms with van der Waals surface area (Å²) in [5.74, 6) is -1.46. The average molecular weight is 611 g/mol. The Bertz CT molecular complexity index is 1590. The van der Waals surface area contributed by atoms with Gasteiger partial charge in [-0.1, -0.05) is 35.9 Å². The molecule has 1 spiro atoms. The molecule has 2 saturated heterocycles. The predicted molar refractivity (Wildman–Crippen MR) is 151 cm³/mol. The predicted octanol–water partition coefficient (Wildman–Crippen LogP) is 4.71. The Morgan fingerprint density at radius 1 is 0.977 bits per heavy atom. The van der Waals surface area contributed by atoms with Crippen LogP contribution >= 0.6 is 0 Å². The van der Waals surface area contributed by atoms with Crippen LogP contribution in [-0.2, 0) is 22.3 Å². The van der Waals surface area contributed by atoms with Crippen LogP contribution in [0.2, 0.25) is 0 Å². The fraction of sp³-hybridized carbons (Fsp3) is 0.323. The van der Waals surface area contributed by atoms with Crippen molar-refractivity contribution in [3.8, 4) is 0 Å². The zero-order valence-corrected chi connectivity index (χ0v) is 23.7. The standard InChI is InChI=1S/C31H29F3N4O6/c1-20-8-10-22(11-9-20)29(41)37-26(27(39)35-18-21-4-2-6-24(16-21)31(32,33)34)19-44-30(37)12-14-36(15-13-30)28(40)23-5-3-7-25(17-23)38(42)43/h2-11,16-17,26H,12-15,18-19H2,1H3,(H,35,39)/t26-/m0/s1. The summed E-state index contributed by atoms with van der Waals surface area (Å²) < 4.78 is 45.7. The first kappa shape index (κ1) is 30.7. The highest BCUT2D eigenvalue weighted by molar-refractivity contribution is 5.99. The molecule has 0 aliphatic carbocycles. The molecule has 13 heteroatoms. The SMILES string of the molecule is Cc1ccc(C(=O)N2[C@H](C(=O)NCc3cccc(C(F)(F)F)c3)COC23CCN(C(=O)c2cccc([N+](=O)[O-])c2)CC3)cc1. The molecule has 0 unspecified atom stereocenters. The molecule has 1 N–H and O–H groups in total. The number of nitro groups is 1. The molecule has 1 atom stereocenters. The van der Waals surface area contributed by atoms with Gasteiger partial charge in [-0.05, 0) is 42.8 Å². The summed E-state index contributed by atoms with van der Waals surface area (Å²) in [5.41, 5.74) is -0.622. The number of non-ortho nitro benzene ring substituents is 1. The Labute approximate surface area is 250 Å². The maximum absolute atomic E-state index is 13.9. The van der Waals surface area contributed by atoms with Crippen molar-refractivity contribution in [1.29, 1.82) is 0 Å². The van der Waals surface area contributed by atoms with Crippen molar-refractivity contribution < 1.29 is 37.2 Å². The van der Waals surface area contributed by atoms with Crippen LogP contribution in [0.3, 0.4) is 0 Å². The number of carbonyl (C=O) groups is 3. The Morgan fingerprint density at radius 2 is 1.66 bits per heavy atom. The van der Waals surface area contributed by atoms with Gasteiger partial charge in [0.1, 0.15) is 11.8 Å². The quantitative estimate of drug-likeness (QED) is 0.319. The van der Waals surface area contributed by atoms with Crippen LogP contribution in [0.25, 0.3) is 0 Å². The molecular weight excluding hydrogens is 581 g/mol. The summed E-state index contributed by atoms with van der Waals surface area (Å²) in [6, 6.07) is 15.8. The minimum Gasteiger partial charge on any atom is -0.353 e. The van der Waals surface area contributed by atoms with Gasteiger partial charge < -0.3 is 15.0 Å². The molecule has 0 saturated carbocycles. The third-order valence-corrected chi connectivity index (χ3v) is 7.94. The lowest BCUT2D eigenvalue weighted by Gasteiger charge is -2.44. The van der Waals surface area contributed by atoms with Crippen LogP contribution in [0.15, 0.2) is 72.8 Å². The number of carbonyl (C=O) groups excluding carboxylic acids is 3. The van der Waals surface area contributed by atoms with Crippen molar-refractivity contribution in [3.05, 3.63) is 111 Å². The summed E-state index contributed by atoms with van der Waals surface area (Å²) >= 11 is 0. The van der Waals surface area contributed by atoms with Crippen LogP contribution in [0.5, 0.6) is 0 Å². The molecule has 0 bridgehead atoms. The van der Waals surface area contributed by atoms with E-state index < -0.39 is 46.2 Å². The summed E-state index contributed by atoms with van der Waals surface area (Å²) in [4.78, 5) is 54.0. The van der Waals surface area contributed by atoms with E-state index in [4.69, 9.17) is 4.74 Å². The third kappa shape index (κ3) is 6.27. The van der Waals surface area contributed by atoms with Gasteiger partial charge in [-0.25, -0.2) is 0 Å². The molecule has 5 rings (SSSR count). The van der Waals surface area contributed by atoms with E-state index in [2.05, 4.69) is 5.32 Å². The topological polar surface area (TPSA) is 122 Å². The summed E-state index contributed by atoms with van der Waals surface area (Å²) in [6.07, 6.45) is -4.19. The Balaban J connectivity index is 1.35. The molecule has 3 aromatic rings. The molecule has 0 aromatic heterocycles. The number of rotatable bonds is 6. The first-order valence-corrected chi connectivity index (χ1v) is 13.9. The molecule has 2 heterocycles. The van der Waals surface area contributed by atoms with E-state index in [0.717, 1.165) is 17.7 Å². The number of hydrogen-bond acceptors (Lipinski definition) is 6. The van der Waals surface area contributed by atoms with Gasteiger partial charge in [0.25, 0.3) is 17.5 Å². The Morgan fingerprint density at radius 3 is 2.32 bits per heavy atom. The van der Waals surface area contributed by atoms with E-state index in [0.29, 0.717) is 5.56 Å². The third-order valence-electron chi connectivity index (χ3n) is 7.94. The maximum atomic E-state index is 13.9. The second-order valence-electron chi connectivity index (χ2n) is 10.8. The van der Waals surface area contributed by atoms with E-state index in [1.807, 2.05) is 6.92 Å². The largest absolute Gasteiger partial charge is 0.416 e. The molecule has 10 nitrogen and oxygen atoms in total. The van der Waals surface area contributed by atoms with Crippen LogP contribution in [0, 0.1) is 17.0 Å². The van der Waals surface area contributed by atoms with E-state index in [9.17, 15) is 37.7 Å². The molecule has 2 fully saturated rings. The Kier molecular flexibility index (Phi) is 8.42. The summed E-state index contributed by atoms with van der Waals surface area (Å²) in [5, 5.41) is 13.8. The van der Waals surface area contributed by atoms with Crippen LogP contribution in [-0.4, -0.2) is 63.9 Å². The van der Waals surface area contributed by atoms with Gasteiger partial charge in [-0.15, -0.1) is 0 Å². The first-order valence-electron chi connectivity index (χ1n) is 13.9. The van der Waals surface area contributed by atoms with E-state index >= 15 is 0 Å². The molecule has 3 amide bonds. The average Bonchev–Trinajstić information content (AvgIpc) is 3.38. The lowest BCUT2D eigenvalue weighted by Crippen LogP contribution is -2.59. The highest BCUT2D eigenvalue weighted by Crippen LogP contribution is 2.39. The number of benzene rings is 3.